The first-order valence-electron chi connectivity index (χ1n) is 9.91. The zero-order valence-electron chi connectivity index (χ0n) is 16.7. The summed E-state index contributed by atoms with van der Waals surface area (Å²) in [5.41, 5.74) is 1.62. The number of amides is 2. The molecule has 0 saturated carbocycles. The monoisotopic (exact) mass is 398 g/mol. The van der Waals surface area contributed by atoms with Crippen molar-refractivity contribution >= 4 is 11.8 Å². The quantitative estimate of drug-likeness (QED) is 0.801. The zero-order chi connectivity index (χ0) is 20.4. The van der Waals surface area contributed by atoms with Crippen LogP contribution in [0.5, 0.6) is 5.75 Å². The highest BCUT2D eigenvalue weighted by molar-refractivity contribution is 5.94. The van der Waals surface area contributed by atoms with Gasteiger partial charge in [-0.3, -0.25) is 14.7 Å². The lowest BCUT2D eigenvalue weighted by Gasteiger charge is -2.30. The number of carbonyl (C=O) groups excluding carboxylic acids is 2. The number of aromatic amines is 1. The second-order valence-electron chi connectivity index (χ2n) is 7.52. The lowest BCUT2D eigenvalue weighted by Crippen LogP contribution is -2.39. The number of aromatic nitrogens is 2. The van der Waals surface area contributed by atoms with E-state index in [9.17, 15) is 9.59 Å². The molecule has 8 heteroatoms. The van der Waals surface area contributed by atoms with Crippen LogP contribution in [0.2, 0.25) is 0 Å². The molecule has 154 valence electrons. The summed E-state index contributed by atoms with van der Waals surface area (Å²) in [6, 6.07) is 7.76. The number of rotatable bonds is 6. The zero-order valence-corrected chi connectivity index (χ0v) is 16.7. The molecule has 4 rings (SSSR count). The molecule has 3 atom stereocenters. The molecule has 0 spiro atoms. The second kappa shape index (κ2) is 8.24. The number of hydrogen-bond donors (Lipinski definition) is 1. The van der Waals surface area contributed by atoms with Gasteiger partial charge in [-0.2, -0.15) is 5.10 Å². The van der Waals surface area contributed by atoms with Crippen LogP contribution in [-0.4, -0.2) is 71.8 Å². The molecule has 0 radical (unpaired) electrons. The van der Waals surface area contributed by atoms with E-state index in [1.165, 1.54) is 0 Å². The molecule has 2 aliphatic heterocycles. The van der Waals surface area contributed by atoms with Gasteiger partial charge in [-0.05, 0) is 24.6 Å². The molecule has 0 bridgehead atoms. The number of H-pyrrole nitrogens is 1. The lowest BCUT2D eigenvalue weighted by molar-refractivity contribution is -0.137. The van der Waals surface area contributed by atoms with Gasteiger partial charge in [0.1, 0.15) is 12.4 Å². The predicted octanol–water partition coefficient (Wildman–Crippen LogP) is 1.73. The molecular weight excluding hydrogens is 372 g/mol. The largest absolute Gasteiger partial charge is 0.497 e. The van der Waals surface area contributed by atoms with E-state index in [1.807, 2.05) is 41.0 Å². The van der Waals surface area contributed by atoms with Gasteiger partial charge in [-0.25, -0.2) is 0 Å². The number of benzene rings is 1. The summed E-state index contributed by atoms with van der Waals surface area (Å²) in [5, 5.41) is 6.57. The van der Waals surface area contributed by atoms with Crippen molar-refractivity contribution < 1.29 is 19.1 Å². The minimum Gasteiger partial charge on any atom is -0.497 e. The van der Waals surface area contributed by atoms with Crippen molar-refractivity contribution in [1.29, 1.82) is 0 Å². The minimum atomic E-state index is -0.0824. The van der Waals surface area contributed by atoms with Crippen molar-refractivity contribution in [2.45, 2.75) is 13.0 Å². The highest BCUT2D eigenvalue weighted by atomic mass is 16.5. The molecule has 2 aromatic rings. The fraction of sp³-hybridized carbons (Fsp3) is 0.476. The molecule has 0 aliphatic carbocycles. The summed E-state index contributed by atoms with van der Waals surface area (Å²) >= 11 is 0. The molecule has 8 nitrogen and oxygen atoms in total. The number of fused-ring (bicyclic) bond motifs is 1. The van der Waals surface area contributed by atoms with E-state index in [0.717, 1.165) is 11.3 Å². The van der Waals surface area contributed by atoms with Crippen LogP contribution in [0.3, 0.4) is 0 Å². The van der Waals surface area contributed by atoms with Crippen molar-refractivity contribution in [1.82, 2.24) is 20.0 Å². The van der Waals surface area contributed by atoms with Crippen LogP contribution in [0, 0.1) is 11.8 Å². The number of methoxy groups -OCH3 is 1. The summed E-state index contributed by atoms with van der Waals surface area (Å²) in [5.74, 6) is 1.18. The molecule has 2 amide bonds. The Morgan fingerprint density at radius 2 is 2.00 bits per heavy atom. The average Bonchev–Trinajstić information content (AvgIpc) is 3.47. The number of ether oxygens (including phenoxy) is 2. The van der Waals surface area contributed by atoms with Gasteiger partial charge in [0.2, 0.25) is 5.91 Å². The highest BCUT2D eigenvalue weighted by Crippen LogP contribution is 2.45. The maximum atomic E-state index is 12.8. The summed E-state index contributed by atoms with van der Waals surface area (Å²) in [6.07, 6.45) is 3.17. The Bertz CT molecular complexity index is 852. The molecule has 29 heavy (non-hydrogen) atoms. The fourth-order valence-electron chi connectivity index (χ4n) is 4.52. The van der Waals surface area contributed by atoms with Gasteiger partial charge in [-0.15, -0.1) is 0 Å². The highest BCUT2D eigenvalue weighted by Gasteiger charge is 2.50. The van der Waals surface area contributed by atoms with Crippen molar-refractivity contribution in [3.05, 3.63) is 47.8 Å². The third-order valence-corrected chi connectivity index (χ3v) is 5.90. The topological polar surface area (TPSA) is 87.8 Å². The van der Waals surface area contributed by atoms with E-state index < -0.39 is 0 Å². The van der Waals surface area contributed by atoms with Gasteiger partial charge >= 0.3 is 0 Å². The normalized spacial score (nSPS) is 23.3. The van der Waals surface area contributed by atoms with Crippen molar-refractivity contribution in [2.24, 2.45) is 11.8 Å². The SMILES string of the molecule is CCOCC(=O)N1C[C@@H]2CN(C(=O)c3cn[nH]c3)C[C@@H]2[C@@H]1c1ccc(OC)cc1. The number of hydrogen-bond acceptors (Lipinski definition) is 5. The van der Waals surface area contributed by atoms with Crippen LogP contribution in [0.4, 0.5) is 0 Å². The van der Waals surface area contributed by atoms with Crippen molar-refractivity contribution in [3.63, 3.8) is 0 Å². The lowest BCUT2D eigenvalue weighted by atomic mass is 9.89. The van der Waals surface area contributed by atoms with Gasteiger partial charge in [-0.1, -0.05) is 12.1 Å². The van der Waals surface area contributed by atoms with E-state index in [-0.39, 0.29) is 36.3 Å². The van der Waals surface area contributed by atoms with E-state index in [0.29, 0.717) is 31.8 Å². The number of carbonyl (C=O) groups is 2. The predicted molar refractivity (Wildman–Crippen MR) is 105 cm³/mol. The Balaban J connectivity index is 1.57. The first kappa shape index (κ1) is 19.4. The Morgan fingerprint density at radius 3 is 2.66 bits per heavy atom. The Hall–Kier alpha value is -2.87. The Labute approximate surface area is 169 Å². The molecule has 0 unspecified atom stereocenters. The molecular formula is C21H26N4O4. The minimum absolute atomic E-state index is 0.00483. The molecule has 1 aromatic carbocycles. The van der Waals surface area contributed by atoms with E-state index in [4.69, 9.17) is 9.47 Å². The molecule has 2 aliphatic rings. The molecule has 1 N–H and O–H groups in total. The summed E-state index contributed by atoms with van der Waals surface area (Å²) in [6.45, 7) is 4.35. The molecule has 1 aromatic heterocycles. The average molecular weight is 398 g/mol. The molecule has 3 heterocycles. The van der Waals surface area contributed by atoms with Crippen molar-refractivity contribution in [2.75, 3.05) is 40.0 Å². The first-order chi connectivity index (χ1) is 14.1. The summed E-state index contributed by atoms with van der Waals surface area (Å²) < 4.78 is 10.6. The van der Waals surface area contributed by atoms with E-state index in [2.05, 4.69) is 10.2 Å². The van der Waals surface area contributed by atoms with Crippen LogP contribution in [0.15, 0.2) is 36.7 Å². The van der Waals surface area contributed by atoms with Crippen LogP contribution >= 0.6 is 0 Å². The maximum Gasteiger partial charge on any atom is 0.257 e. The van der Waals surface area contributed by atoms with Crippen LogP contribution in [-0.2, 0) is 9.53 Å². The third-order valence-electron chi connectivity index (χ3n) is 5.90. The van der Waals surface area contributed by atoms with Gasteiger partial charge in [0, 0.05) is 44.3 Å². The Morgan fingerprint density at radius 1 is 1.21 bits per heavy atom. The summed E-state index contributed by atoms with van der Waals surface area (Å²) in [4.78, 5) is 29.4. The van der Waals surface area contributed by atoms with Gasteiger partial charge < -0.3 is 19.3 Å². The number of likely N-dealkylation sites (tertiary alicyclic amines) is 2. The number of nitrogens with zero attached hydrogens (tertiary/aromatic N) is 3. The second-order valence-corrected chi connectivity index (χ2v) is 7.52. The van der Waals surface area contributed by atoms with Crippen LogP contribution < -0.4 is 4.74 Å². The van der Waals surface area contributed by atoms with Gasteiger partial charge in [0.25, 0.3) is 5.91 Å². The summed E-state index contributed by atoms with van der Waals surface area (Å²) in [7, 11) is 1.63. The van der Waals surface area contributed by atoms with E-state index in [1.54, 1.807) is 19.5 Å². The van der Waals surface area contributed by atoms with E-state index >= 15 is 0 Å². The third kappa shape index (κ3) is 3.72. The maximum absolute atomic E-state index is 12.8. The number of nitrogens with one attached hydrogen (secondary N) is 1. The smallest absolute Gasteiger partial charge is 0.257 e. The molecule has 2 saturated heterocycles. The molecule has 2 fully saturated rings. The fourth-order valence-corrected chi connectivity index (χ4v) is 4.52. The van der Waals surface area contributed by atoms with Gasteiger partial charge in [0.05, 0.1) is 24.9 Å². The first-order valence-corrected chi connectivity index (χ1v) is 9.91. The van der Waals surface area contributed by atoms with Crippen LogP contribution in [0.1, 0.15) is 28.9 Å². The standard InChI is InChI=1S/C21H26N4O4/c1-3-29-13-19(26)25-11-16-10-24(21(27)15-8-22-23-9-15)12-18(16)20(25)14-4-6-17(28-2)7-5-14/h4-9,16,18,20H,3,10-13H2,1-2H3,(H,22,23)/t16-,18-,20-/m0/s1. The van der Waals surface area contributed by atoms with Gasteiger partial charge in [0.15, 0.2) is 0 Å². The van der Waals surface area contributed by atoms with Crippen LogP contribution in [0.25, 0.3) is 0 Å². The Kier molecular flexibility index (Phi) is 5.53. The van der Waals surface area contributed by atoms with Crippen molar-refractivity contribution in [3.8, 4) is 5.75 Å².